The Morgan fingerprint density at radius 3 is 2.56 bits per heavy atom. The number of hydrogen-bond acceptors (Lipinski definition) is 5. The number of carbonyl (C=O) groups excluding carboxylic acids is 3. The van der Waals surface area contributed by atoms with Crippen LogP contribution in [0.25, 0.3) is 0 Å². The Morgan fingerprint density at radius 2 is 2.00 bits per heavy atom. The van der Waals surface area contributed by atoms with Gasteiger partial charge in [0.05, 0.1) is 25.9 Å². The SMILES string of the molecule is CC(C)C[C@H](NC(=O)N1CCOCC1)C(=O)NC(CO)CC1CCNC1=O. The van der Waals surface area contributed by atoms with E-state index in [-0.39, 0.29) is 36.3 Å². The van der Waals surface area contributed by atoms with Crippen molar-refractivity contribution in [1.82, 2.24) is 20.9 Å². The minimum Gasteiger partial charge on any atom is -0.394 e. The summed E-state index contributed by atoms with van der Waals surface area (Å²) in [4.78, 5) is 38.6. The van der Waals surface area contributed by atoms with Crippen molar-refractivity contribution in [1.29, 1.82) is 0 Å². The van der Waals surface area contributed by atoms with Crippen molar-refractivity contribution in [3.05, 3.63) is 0 Å². The molecule has 9 heteroatoms. The Bertz CT molecular complexity index is 522. The zero-order valence-electron chi connectivity index (χ0n) is 16.2. The van der Waals surface area contributed by atoms with Crippen molar-refractivity contribution in [2.24, 2.45) is 11.8 Å². The first-order chi connectivity index (χ1) is 12.9. The summed E-state index contributed by atoms with van der Waals surface area (Å²) in [6.07, 6.45) is 1.58. The normalized spacial score (nSPS) is 22.3. The van der Waals surface area contributed by atoms with E-state index < -0.39 is 12.1 Å². The van der Waals surface area contributed by atoms with Crippen molar-refractivity contribution >= 4 is 17.8 Å². The molecule has 0 aromatic carbocycles. The van der Waals surface area contributed by atoms with Crippen LogP contribution in [0.1, 0.15) is 33.1 Å². The monoisotopic (exact) mass is 384 g/mol. The maximum atomic E-state index is 12.7. The van der Waals surface area contributed by atoms with Crippen LogP contribution in [0.5, 0.6) is 0 Å². The molecule has 0 aromatic heterocycles. The fourth-order valence-corrected chi connectivity index (χ4v) is 3.40. The average molecular weight is 384 g/mol. The van der Waals surface area contributed by atoms with Gasteiger partial charge >= 0.3 is 6.03 Å². The van der Waals surface area contributed by atoms with Gasteiger partial charge in [0.25, 0.3) is 0 Å². The van der Waals surface area contributed by atoms with Crippen molar-refractivity contribution in [2.45, 2.75) is 45.2 Å². The number of amides is 4. The van der Waals surface area contributed by atoms with Gasteiger partial charge in [0, 0.05) is 25.6 Å². The number of morpholine rings is 1. The van der Waals surface area contributed by atoms with E-state index in [0.29, 0.717) is 52.1 Å². The van der Waals surface area contributed by atoms with Crippen LogP contribution in [-0.2, 0) is 14.3 Å². The van der Waals surface area contributed by atoms with Gasteiger partial charge in [-0.3, -0.25) is 9.59 Å². The van der Waals surface area contributed by atoms with Crippen molar-refractivity contribution in [3.63, 3.8) is 0 Å². The van der Waals surface area contributed by atoms with Gasteiger partial charge in [-0.1, -0.05) is 13.8 Å². The highest BCUT2D eigenvalue weighted by molar-refractivity contribution is 5.87. The van der Waals surface area contributed by atoms with E-state index in [2.05, 4.69) is 16.0 Å². The van der Waals surface area contributed by atoms with Gasteiger partial charge in [0.15, 0.2) is 0 Å². The second-order valence-corrected chi connectivity index (χ2v) is 7.63. The highest BCUT2D eigenvalue weighted by Gasteiger charge is 2.30. The van der Waals surface area contributed by atoms with Crippen LogP contribution >= 0.6 is 0 Å². The molecule has 0 aliphatic carbocycles. The zero-order chi connectivity index (χ0) is 19.8. The number of aliphatic hydroxyl groups excluding tert-OH is 1. The summed E-state index contributed by atoms with van der Waals surface area (Å²) in [6.45, 7) is 6.31. The number of nitrogens with zero attached hydrogens (tertiary/aromatic N) is 1. The molecule has 0 spiro atoms. The number of hydrogen-bond donors (Lipinski definition) is 4. The predicted molar refractivity (Wildman–Crippen MR) is 98.9 cm³/mol. The van der Waals surface area contributed by atoms with Crippen LogP contribution in [0.4, 0.5) is 4.79 Å². The van der Waals surface area contributed by atoms with Crippen LogP contribution in [0.3, 0.4) is 0 Å². The zero-order valence-corrected chi connectivity index (χ0v) is 16.2. The number of rotatable bonds is 8. The van der Waals surface area contributed by atoms with Crippen molar-refractivity contribution in [2.75, 3.05) is 39.5 Å². The van der Waals surface area contributed by atoms with Crippen LogP contribution < -0.4 is 16.0 Å². The first-order valence-corrected chi connectivity index (χ1v) is 9.72. The Hall–Kier alpha value is -1.87. The molecule has 0 radical (unpaired) electrons. The maximum absolute atomic E-state index is 12.7. The van der Waals surface area contributed by atoms with Gasteiger partial charge in [-0.25, -0.2) is 4.79 Å². The molecule has 9 nitrogen and oxygen atoms in total. The number of urea groups is 1. The summed E-state index contributed by atoms with van der Waals surface area (Å²) >= 11 is 0. The van der Waals surface area contributed by atoms with E-state index in [9.17, 15) is 19.5 Å². The number of ether oxygens (including phenoxy) is 1. The molecule has 0 bridgehead atoms. The molecule has 2 aliphatic rings. The molecule has 3 atom stereocenters. The summed E-state index contributed by atoms with van der Waals surface area (Å²) < 4.78 is 5.24. The van der Waals surface area contributed by atoms with Gasteiger partial charge < -0.3 is 30.7 Å². The Morgan fingerprint density at radius 1 is 1.30 bits per heavy atom. The first kappa shape index (κ1) is 21.4. The second-order valence-electron chi connectivity index (χ2n) is 7.63. The summed E-state index contributed by atoms with van der Waals surface area (Å²) in [7, 11) is 0. The van der Waals surface area contributed by atoms with Gasteiger partial charge in [-0.2, -0.15) is 0 Å². The van der Waals surface area contributed by atoms with E-state index >= 15 is 0 Å². The van der Waals surface area contributed by atoms with E-state index in [4.69, 9.17) is 4.74 Å². The lowest BCUT2D eigenvalue weighted by molar-refractivity contribution is -0.126. The molecular formula is C18H32N4O5. The molecular weight excluding hydrogens is 352 g/mol. The van der Waals surface area contributed by atoms with Gasteiger partial charge in [0.1, 0.15) is 6.04 Å². The first-order valence-electron chi connectivity index (χ1n) is 9.72. The van der Waals surface area contributed by atoms with Crippen LogP contribution in [-0.4, -0.2) is 79.4 Å². The summed E-state index contributed by atoms with van der Waals surface area (Å²) in [6, 6.07) is -1.48. The Labute approximate surface area is 160 Å². The molecule has 2 heterocycles. The summed E-state index contributed by atoms with van der Waals surface area (Å²) in [5, 5.41) is 18.0. The Kier molecular flexibility index (Phi) is 8.30. The van der Waals surface area contributed by atoms with E-state index in [1.54, 1.807) is 4.90 Å². The minimum absolute atomic E-state index is 0.0398. The van der Waals surface area contributed by atoms with Gasteiger partial charge in [-0.05, 0) is 25.2 Å². The van der Waals surface area contributed by atoms with Gasteiger partial charge in [0.2, 0.25) is 11.8 Å². The lowest BCUT2D eigenvalue weighted by atomic mass is 9.97. The molecule has 154 valence electrons. The van der Waals surface area contributed by atoms with E-state index in [1.165, 1.54) is 0 Å². The highest BCUT2D eigenvalue weighted by Crippen LogP contribution is 2.16. The largest absolute Gasteiger partial charge is 0.394 e. The number of carbonyl (C=O) groups is 3. The third-order valence-corrected chi connectivity index (χ3v) is 4.92. The molecule has 2 aliphatic heterocycles. The fourth-order valence-electron chi connectivity index (χ4n) is 3.40. The van der Waals surface area contributed by atoms with Crippen LogP contribution in [0, 0.1) is 11.8 Å². The van der Waals surface area contributed by atoms with Crippen molar-refractivity contribution < 1.29 is 24.2 Å². The molecule has 4 amide bonds. The lowest BCUT2D eigenvalue weighted by Gasteiger charge is -2.30. The number of aliphatic hydroxyl groups is 1. The molecule has 0 aromatic rings. The quantitative estimate of drug-likeness (QED) is 0.447. The van der Waals surface area contributed by atoms with Crippen LogP contribution in [0.15, 0.2) is 0 Å². The molecule has 2 fully saturated rings. The molecule has 2 unspecified atom stereocenters. The van der Waals surface area contributed by atoms with Gasteiger partial charge in [-0.15, -0.1) is 0 Å². The second kappa shape index (κ2) is 10.5. The smallest absolute Gasteiger partial charge is 0.318 e. The molecule has 4 N–H and O–H groups in total. The third kappa shape index (κ3) is 6.66. The fraction of sp³-hybridized carbons (Fsp3) is 0.833. The molecule has 0 saturated carbocycles. The standard InChI is InChI=1S/C18H32N4O5/c1-12(2)9-15(21-18(26)22-5-7-27-8-6-22)17(25)20-14(11-23)10-13-3-4-19-16(13)24/h12-15,23H,3-11H2,1-2H3,(H,19,24)(H,20,25)(H,21,26)/t13?,14?,15-/m0/s1. The van der Waals surface area contributed by atoms with Crippen molar-refractivity contribution in [3.8, 4) is 0 Å². The summed E-state index contributed by atoms with van der Waals surface area (Å²) in [5.41, 5.74) is 0. The maximum Gasteiger partial charge on any atom is 0.318 e. The van der Waals surface area contributed by atoms with E-state index in [1.807, 2.05) is 13.8 Å². The predicted octanol–water partition coefficient (Wildman–Crippen LogP) is -0.554. The topological polar surface area (TPSA) is 120 Å². The van der Waals surface area contributed by atoms with Crippen LogP contribution in [0.2, 0.25) is 0 Å². The van der Waals surface area contributed by atoms with E-state index in [0.717, 1.165) is 0 Å². The lowest BCUT2D eigenvalue weighted by Crippen LogP contribution is -2.55. The Balaban J connectivity index is 1.93. The average Bonchev–Trinajstić information content (AvgIpc) is 3.05. The molecule has 27 heavy (non-hydrogen) atoms. The summed E-state index contributed by atoms with van der Waals surface area (Å²) in [5.74, 6) is -0.363. The molecule has 2 rings (SSSR count). The molecule has 2 saturated heterocycles. The third-order valence-electron chi connectivity index (χ3n) is 4.92. The minimum atomic E-state index is -0.688. The number of nitrogens with one attached hydrogen (secondary N) is 3. The highest BCUT2D eigenvalue weighted by atomic mass is 16.5.